The van der Waals surface area contributed by atoms with E-state index in [1.54, 1.807) is 30.3 Å². The van der Waals surface area contributed by atoms with Crippen molar-refractivity contribution in [2.24, 2.45) is 0 Å². The van der Waals surface area contributed by atoms with Crippen LogP contribution in [0.5, 0.6) is 5.88 Å². The summed E-state index contributed by atoms with van der Waals surface area (Å²) in [6.45, 7) is 8.01. The summed E-state index contributed by atoms with van der Waals surface area (Å²) in [5.41, 5.74) is -4.38. The average Bonchev–Trinajstić information content (AvgIpc) is 3.35. The zero-order valence-electron chi connectivity index (χ0n) is 20.7. The molecule has 0 bridgehead atoms. The maximum Gasteiger partial charge on any atom is 0.426 e. The van der Waals surface area contributed by atoms with Crippen LogP contribution in [0.1, 0.15) is 43.2 Å². The molecule has 0 aliphatic carbocycles. The molecule has 0 saturated carbocycles. The Balaban J connectivity index is 2.10. The number of halogens is 7. The molecule has 0 aliphatic heterocycles. The van der Waals surface area contributed by atoms with Gasteiger partial charge in [0.25, 0.3) is 11.8 Å². The van der Waals surface area contributed by atoms with Crippen LogP contribution in [-0.4, -0.2) is 27.5 Å². The number of ether oxygens (including phenoxy) is 2. The molecular formula is C26H24ClF6N3O3. The fourth-order valence-corrected chi connectivity index (χ4v) is 3.77. The summed E-state index contributed by atoms with van der Waals surface area (Å²) in [7, 11) is 0. The third-order valence-electron chi connectivity index (χ3n) is 5.52. The van der Waals surface area contributed by atoms with Crippen LogP contribution in [0.3, 0.4) is 0 Å². The molecule has 0 spiro atoms. The number of hydrogen-bond acceptors (Lipinski definition) is 6. The topological polar surface area (TPSA) is 70.3 Å². The maximum atomic E-state index is 14.6. The van der Waals surface area contributed by atoms with Gasteiger partial charge in [0.1, 0.15) is 17.4 Å². The maximum absolute atomic E-state index is 14.6. The van der Waals surface area contributed by atoms with Gasteiger partial charge in [0.2, 0.25) is 11.5 Å². The molecule has 3 rings (SSSR count). The lowest BCUT2D eigenvalue weighted by atomic mass is 9.96. The predicted molar refractivity (Wildman–Crippen MR) is 131 cm³/mol. The molecule has 0 saturated heterocycles. The minimum Gasteiger partial charge on any atom is -0.474 e. The fraction of sp³-hybridized carbons (Fsp3) is 0.346. The van der Waals surface area contributed by atoms with E-state index in [4.69, 9.17) is 25.5 Å². The van der Waals surface area contributed by atoms with Gasteiger partial charge < -0.3 is 13.9 Å². The number of alkyl halides is 6. The number of allylic oxidation sites excluding steroid dienone is 1. The second kappa shape index (κ2) is 12.2. The smallest absolute Gasteiger partial charge is 0.426 e. The molecule has 2 heterocycles. The standard InChI is InChI=1S/C26H24ClF6N3O3/c1-4-6-13-24(26(31,32)33,37-15-17-11-8-7-9-12-17)23-36-35-22(39-23)20-19(27)14-18(25(28,29)30)21(34-20)38-16(3)10-5-2/h4-5,7-9,11-12,14,16H,1-2,6,10,13,15H2,3H3. The lowest BCUT2D eigenvalue weighted by molar-refractivity contribution is -0.299. The summed E-state index contributed by atoms with van der Waals surface area (Å²) in [4.78, 5) is 3.80. The quantitative estimate of drug-likeness (QED) is 0.161. The number of pyridine rings is 1. The molecule has 2 unspecified atom stereocenters. The molecule has 0 radical (unpaired) electrons. The monoisotopic (exact) mass is 575 g/mol. The summed E-state index contributed by atoms with van der Waals surface area (Å²) in [6.07, 6.45) is -8.56. The number of nitrogens with zero attached hydrogens (tertiary/aromatic N) is 3. The third-order valence-corrected chi connectivity index (χ3v) is 5.81. The lowest BCUT2D eigenvalue weighted by Gasteiger charge is -2.32. The highest BCUT2D eigenvalue weighted by atomic mass is 35.5. The van der Waals surface area contributed by atoms with Crippen LogP contribution in [-0.2, 0) is 23.1 Å². The summed E-state index contributed by atoms with van der Waals surface area (Å²) in [6, 6.07) is 8.65. The van der Waals surface area contributed by atoms with E-state index < -0.39 is 71.0 Å². The Morgan fingerprint density at radius 1 is 1.05 bits per heavy atom. The highest BCUT2D eigenvalue weighted by Crippen LogP contribution is 2.47. The van der Waals surface area contributed by atoms with Crippen LogP contribution in [0.15, 0.2) is 66.1 Å². The van der Waals surface area contributed by atoms with Crippen molar-refractivity contribution < 1.29 is 40.2 Å². The van der Waals surface area contributed by atoms with E-state index >= 15 is 0 Å². The molecule has 2 atom stereocenters. The van der Waals surface area contributed by atoms with Gasteiger partial charge in [-0.3, -0.25) is 0 Å². The van der Waals surface area contributed by atoms with Crippen molar-refractivity contribution in [3.05, 3.63) is 83.7 Å². The van der Waals surface area contributed by atoms with Gasteiger partial charge in [-0.2, -0.15) is 26.3 Å². The van der Waals surface area contributed by atoms with E-state index in [0.717, 1.165) is 0 Å². The summed E-state index contributed by atoms with van der Waals surface area (Å²) in [5.74, 6) is -2.48. The molecule has 0 N–H and O–H groups in total. The van der Waals surface area contributed by atoms with Crippen LogP contribution < -0.4 is 4.74 Å². The van der Waals surface area contributed by atoms with Crippen molar-refractivity contribution in [3.8, 4) is 17.5 Å². The molecule has 13 heteroatoms. The molecule has 6 nitrogen and oxygen atoms in total. The first-order valence-corrected chi connectivity index (χ1v) is 11.9. The van der Waals surface area contributed by atoms with E-state index in [2.05, 4.69) is 28.3 Å². The van der Waals surface area contributed by atoms with Crippen molar-refractivity contribution >= 4 is 11.6 Å². The minimum absolute atomic E-state index is 0.134. The fourth-order valence-electron chi connectivity index (χ4n) is 3.54. The third kappa shape index (κ3) is 6.99. The highest BCUT2D eigenvalue weighted by Gasteiger charge is 2.61. The number of rotatable bonds is 12. The van der Waals surface area contributed by atoms with E-state index in [9.17, 15) is 26.3 Å². The van der Waals surface area contributed by atoms with Gasteiger partial charge in [0, 0.05) is 6.42 Å². The zero-order valence-corrected chi connectivity index (χ0v) is 21.4. The normalized spacial score (nSPS) is 14.5. The second-order valence-corrected chi connectivity index (χ2v) is 8.87. The van der Waals surface area contributed by atoms with Crippen molar-refractivity contribution in [1.82, 2.24) is 15.2 Å². The van der Waals surface area contributed by atoms with Crippen LogP contribution in [0, 0.1) is 0 Å². The Hall–Kier alpha value is -3.38. The molecule has 3 aromatic rings. The van der Waals surface area contributed by atoms with Gasteiger partial charge in [0.05, 0.1) is 11.6 Å². The molecule has 1 aromatic carbocycles. The predicted octanol–water partition coefficient (Wildman–Crippen LogP) is 8.09. The first-order valence-electron chi connectivity index (χ1n) is 11.6. The highest BCUT2D eigenvalue weighted by molar-refractivity contribution is 6.33. The molecule has 39 heavy (non-hydrogen) atoms. The molecule has 0 aliphatic rings. The first-order chi connectivity index (χ1) is 18.3. The van der Waals surface area contributed by atoms with E-state index in [1.165, 1.54) is 19.1 Å². The second-order valence-electron chi connectivity index (χ2n) is 8.46. The van der Waals surface area contributed by atoms with Crippen molar-refractivity contribution in [1.29, 1.82) is 0 Å². The Labute approximate surface area is 225 Å². The zero-order chi connectivity index (χ0) is 28.8. The Morgan fingerprint density at radius 2 is 1.74 bits per heavy atom. The van der Waals surface area contributed by atoms with Crippen LogP contribution in [0.4, 0.5) is 26.3 Å². The van der Waals surface area contributed by atoms with Crippen LogP contribution in [0.2, 0.25) is 5.02 Å². The summed E-state index contributed by atoms with van der Waals surface area (Å²) < 4.78 is 101. The minimum atomic E-state index is -5.03. The summed E-state index contributed by atoms with van der Waals surface area (Å²) in [5, 5.41) is 6.59. The Kier molecular flexibility index (Phi) is 9.44. The van der Waals surface area contributed by atoms with Gasteiger partial charge in [-0.05, 0) is 31.4 Å². The van der Waals surface area contributed by atoms with Gasteiger partial charge >= 0.3 is 12.4 Å². The Morgan fingerprint density at radius 3 is 2.33 bits per heavy atom. The van der Waals surface area contributed by atoms with Crippen molar-refractivity contribution in [2.45, 2.75) is 56.9 Å². The van der Waals surface area contributed by atoms with Crippen LogP contribution in [0.25, 0.3) is 11.6 Å². The van der Waals surface area contributed by atoms with Crippen LogP contribution >= 0.6 is 11.6 Å². The number of hydrogen-bond donors (Lipinski definition) is 0. The SMILES string of the molecule is C=CCCC(OCc1ccccc1)(c1nnc(-c2nc(OC(C)CC=C)c(C(F)(F)F)cc2Cl)o1)C(F)(F)F. The van der Waals surface area contributed by atoms with Gasteiger partial charge in [-0.25, -0.2) is 4.98 Å². The molecule has 0 fully saturated rings. The van der Waals surface area contributed by atoms with Crippen molar-refractivity contribution in [3.63, 3.8) is 0 Å². The molecule has 210 valence electrons. The van der Waals surface area contributed by atoms with E-state index in [0.29, 0.717) is 11.6 Å². The van der Waals surface area contributed by atoms with E-state index in [-0.39, 0.29) is 12.8 Å². The number of aromatic nitrogens is 3. The molecule has 0 amide bonds. The largest absolute Gasteiger partial charge is 0.474 e. The molecule has 2 aromatic heterocycles. The van der Waals surface area contributed by atoms with Gasteiger partial charge in [-0.15, -0.1) is 23.4 Å². The average molecular weight is 576 g/mol. The molecular weight excluding hydrogens is 552 g/mol. The number of benzene rings is 1. The van der Waals surface area contributed by atoms with Gasteiger partial charge in [0.15, 0.2) is 0 Å². The van der Waals surface area contributed by atoms with Crippen molar-refractivity contribution in [2.75, 3.05) is 0 Å². The summed E-state index contributed by atoms with van der Waals surface area (Å²) >= 11 is 6.05. The Bertz CT molecular complexity index is 1280. The first kappa shape index (κ1) is 30.2. The van der Waals surface area contributed by atoms with E-state index in [1.807, 2.05) is 0 Å². The van der Waals surface area contributed by atoms with Gasteiger partial charge in [-0.1, -0.05) is 54.1 Å². The lowest BCUT2D eigenvalue weighted by Crippen LogP contribution is -2.45.